The number of likely N-dealkylation sites (tertiary alicyclic amines) is 2. The lowest BCUT2D eigenvalue weighted by molar-refractivity contribution is -0.0502. The van der Waals surface area contributed by atoms with Gasteiger partial charge in [0.25, 0.3) is 0 Å². The van der Waals surface area contributed by atoms with Crippen LogP contribution in [0.1, 0.15) is 25.3 Å². The van der Waals surface area contributed by atoms with E-state index < -0.39 is 0 Å². The minimum Gasteiger partial charge on any atom is -0.373 e. The molecule has 1 aromatic rings. The average molecular weight is 513 g/mol. The number of ether oxygens (including phenoxy) is 1. The standard InChI is InChI=1S/C22H35N5O.HI/c1-3-25-11-7-10-19(25)14-24-22(23-2)27-16-20-21(17-27)28-13-12-26(20)15-18-8-5-4-6-9-18;/h4-6,8-9,19-21H,3,7,10-17H2,1-2H3,(H,23,24);1H. The van der Waals surface area contributed by atoms with Crippen molar-refractivity contribution in [2.24, 2.45) is 4.99 Å². The summed E-state index contributed by atoms with van der Waals surface area (Å²) in [5, 5.41) is 3.65. The van der Waals surface area contributed by atoms with Crippen molar-refractivity contribution in [3.05, 3.63) is 35.9 Å². The molecule has 0 radical (unpaired) electrons. The number of benzene rings is 1. The van der Waals surface area contributed by atoms with Crippen molar-refractivity contribution in [2.45, 2.75) is 44.5 Å². The Kier molecular flexibility index (Phi) is 8.58. The second kappa shape index (κ2) is 10.9. The third-order valence-electron chi connectivity index (χ3n) is 6.56. The summed E-state index contributed by atoms with van der Waals surface area (Å²) in [5.74, 6) is 1.03. The minimum atomic E-state index is 0. The molecule has 6 nitrogen and oxygen atoms in total. The van der Waals surface area contributed by atoms with E-state index in [1.165, 1.54) is 24.9 Å². The van der Waals surface area contributed by atoms with Gasteiger partial charge >= 0.3 is 0 Å². The summed E-state index contributed by atoms with van der Waals surface area (Å²) >= 11 is 0. The van der Waals surface area contributed by atoms with Gasteiger partial charge in [0, 0.05) is 45.8 Å². The Morgan fingerprint density at radius 1 is 1.17 bits per heavy atom. The van der Waals surface area contributed by atoms with Crippen molar-refractivity contribution in [3.8, 4) is 0 Å². The molecule has 162 valence electrons. The van der Waals surface area contributed by atoms with Crippen LogP contribution in [-0.4, -0.2) is 91.8 Å². The first-order valence-electron chi connectivity index (χ1n) is 10.9. The molecule has 1 aromatic carbocycles. The van der Waals surface area contributed by atoms with E-state index in [1.54, 1.807) is 0 Å². The molecular weight excluding hydrogens is 477 g/mol. The molecule has 0 bridgehead atoms. The summed E-state index contributed by atoms with van der Waals surface area (Å²) in [5.41, 5.74) is 1.38. The molecular formula is C22H36IN5O. The highest BCUT2D eigenvalue weighted by molar-refractivity contribution is 14.0. The van der Waals surface area contributed by atoms with E-state index in [0.717, 1.165) is 51.8 Å². The molecule has 0 aliphatic carbocycles. The number of guanidine groups is 1. The Balaban J connectivity index is 0.00000240. The highest BCUT2D eigenvalue weighted by Gasteiger charge is 2.41. The van der Waals surface area contributed by atoms with E-state index in [-0.39, 0.29) is 30.1 Å². The summed E-state index contributed by atoms with van der Waals surface area (Å²) in [6.07, 6.45) is 2.88. The van der Waals surface area contributed by atoms with Gasteiger partial charge in [0.1, 0.15) is 0 Å². The predicted molar refractivity (Wildman–Crippen MR) is 129 cm³/mol. The van der Waals surface area contributed by atoms with E-state index in [0.29, 0.717) is 12.1 Å². The van der Waals surface area contributed by atoms with Gasteiger partial charge in [-0.2, -0.15) is 0 Å². The zero-order chi connectivity index (χ0) is 19.3. The number of halogens is 1. The predicted octanol–water partition coefficient (Wildman–Crippen LogP) is 2.25. The number of aliphatic imine (C=N–C) groups is 1. The summed E-state index contributed by atoms with van der Waals surface area (Å²) in [7, 11) is 1.90. The van der Waals surface area contributed by atoms with Crippen LogP contribution in [0.15, 0.2) is 35.3 Å². The van der Waals surface area contributed by atoms with Gasteiger partial charge in [-0.1, -0.05) is 37.3 Å². The molecule has 0 aromatic heterocycles. The Bertz CT molecular complexity index is 658. The van der Waals surface area contributed by atoms with Crippen LogP contribution >= 0.6 is 24.0 Å². The first-order chi connectivity index (χ1) is 13.8. The van der Waals surface area contributed by atoms with E-state index in [9.17, 15) is 0 Å². The van der Waals surface area contributed by atoms with Crippen molar-refractivity contribution >= 4 is 29.9 Å². The maximum absolute atomic E-state index is 6.13. The van der Waals surface area contributed by atoms with E-state index in [2.05, 4.69) is 62.3 Å². The monoisotopic (exact) mass is 513 g/mol. The summed E-state index contributed by atoms with van der Waals surface area (Å²) in [6, 6.07) is 11.9. The third kappa shape index (κ3) is 5.42. The second-order valence-corrected chi connectivity index (χ2v) is 8.19. The van der Waals surface area contributed by atoms with Crippen LogP contribution in [-0.2, 0) is 11.3 Å². The van der Waals surface area contributed by atoms with E-state index in [4.69, 9.17) is 4.74 Å². The number of likely N-dealkylation sites (N-methyl/N-ethyl adjacent to an activating group) is 1. The molecule has 0 saturated carbocycles. The van der Waals surface area contributed by atoms with Gasteiger partial charge in [0.15, 0.2) is 5.96 Å². The number of nitrogens with zero attached hydrogens (tertiary/aromatic N) is 4. The highest BCUT2D eigenvalue weighted by Crippen LogP contribution is 2.25. The van der Waals surface area contributed by atoms with E-state index in [1.807, 2.05) is 7.05 Å². The van der Waals surface area contributed by atoms with Crippen LogP contribution in [0, 0.1) is 0 Å². The Labute approximate surface area is 192 Å². The van der Waals surface area contributed by atoms with Crippen LogP contribution in [0.2, 0.25) is 0 Å². The van der Waals surface area contributed by atoms with Gasteiger partial charge in [-0.3, -0.25) is 14.8 Å². The molecule has 1 N–H and O–H groups in total. The lowest BCUT2D eigenvalue weighted by Gasteiger charge is -2.36. The number of hydrogen-bond donors (Lipinski definition) is 1. The molecule has 3 atom stereocenters. The summed E-state index contributed by atoms with van der Waals surface area (Å²) < 4.78 is 6.13. The first-order valence-corrected chi connectivity index (χ1v) is 10.9. The fourth-order valence-electron chi connectivity index (χ4n) is 5.03. The molecule has 3 unspecified atom stereocenters. The normalized spacial score (nSPS) is 28.3. The smallest absolute Gasteiger partial charge is 0.193 e. The third-order valence-corrected chi connectivity index (χ3v) is 6.56. The first kappa shape index (κ1) is 22.8. The quantitative estimate of drug-likeness (QED) is 0.372. The van der Waals surface area contributed by atoms with Gasteiger partial charge in [-0.25, -0.2) is 0 Å². The van der Waals surface area contributed by atoms with Crippen LogP contribution in [0.3, 0.4) is 0 Å². The number of morpholine rings is 1. The van der Waals surface area contributed by atoms with Crippen LogP contribution in [0.4, 0.5) is 0 Å². The maximum atomic E-state index is 6.13. The molecule has 29 heavy (non-hydrogen) atoms. The van der Waals surface area contributed by atoms with Crippen LogP contribution in [0.25, 0.3) is 0 Å². The van der Waals surface area contributed by atoms with Crippen molar-refractivity contribution < 1.29 is 4.74 Å². The second-order valence-electron chi connectivity index (χ2n) is 8.19. The maximum Gasteiger partial charge on any atom is 0.193 e. The Hall–Kier alpha value is -0.900. The van der Waals surface area contributed by atoms with Crippen molar-refractivity contribution in [3.63, 3.8) is 0 Å². The SMILES string of the molecule is CCN1CCCC1CNC(=NC)N1CC2OCCN(Cc3ccccc3)C2C1.I. The molecule has 0 spiro atoms. The Morgan fingerprint density at radius 3 is 2.76 bits per heavy atom. The number of nitrogens with one attached hydrogen (secondary N) is 1. The molecule has 7 heteroatoms. The zero-order valence-corrected chi connectivity index (χ0v) is 20.1. The fraction of sp³-hybridized carbons (Fsp3) is 0.682. The van der Waals surface area contributed by atoms with Crippen molar-refractivity contribution in [1.82, 2.24) is 20.0 Å². The average Bonchev–Trinajstić information content (AvgIpc) is 3.36. The van der Waals surface area contributed by atoms with Crippen LogP contribution in [0.5, 0.6) is 0 Å². The number of hydrogen-bond acceptors (Lipinski definition) is 4. The van der Waals surface area contributed by atoms with Crippen molar-refractivity contribution in [2.75, 3.05) is 52.9 Å². The van der Waals surface area contributed by atoms with Crippen LogP contribution < -0.4 is 5.32 Å². The molecule has 3 aliphatic heterocycles. The highest BCUT2D eigenvalue weighted by atomic mass is 127. The molecule has 3 aliphatic rings. The topological polar surface area (TPSA) is 43.3 Å². The largest absolute Gasteiger partial charge is 0.373 e. The fourth-order valence-corrected chi connectivity index (χ4v) is 5.03. The zero-order valence-electron chi connectivity index (χ0n) is 17.8. The van der Waals surface area contributed by atoms with E-state index >= 15 is 0 Å². The molecule has 3 heterocycles. The van der Waals surface area contributed by atoms with Gasteiger partial charge in [0.05, 0.1) is 18.8 Å². The lowest BCUT2D eigenvalue weighted by Crippen LogP contribution is -2.50. The summed E-state index contributed by atoms with van der Waals surface area (Å²) in [4.78, 5) is 12.1. The van der Waals surface area contributed by atoms with Gasteiger partial charge in [0.2, 0.25) is 0 Å². The van der Waals surface area contributed by atoms with Gasteiger partial charge in [-0.05, 0) is 31.5 Å². The minimum absolute atomic E-state index is 0. The molecule has 0 amide bonds. The summed E-state index contributed by atoms with van der Waals surface area (Å²) in [6.45, 7) is 10.4. The van der Waals surface area contributed by atoms with Gasteiger partial charge in [-0.15, -0.1) is 24.0 Å². The molecule has 4 rings (SSSR count). The molecule has 3 fully saturated rings. The lowest BCUT2D eigenvalue weighted by atomic mass is 10.1. The van der Waals surface area contributed by atoms with Gasteiger partial charge < -0.3 is 15.0 Å². The number of fused-ring (bicyclic) bond motifs is 1. The Morgan fingerprint density at radius 2 is 2.00 bits per heavy atom. The number of rotatable bonds is 5. The molecule has 3 saturated heterocycles. The van der Waals surface area contributed by atoms with Crippen molar-refractivity contribution in [1.29, 1.82) is 0 Å².